The van der Waals surface area contributed by atoms with Crippen molar-refractivity contribution in [1.82, 2.24) is 4.90 Å². The van der Waals surface area contributed by atoms with Gasteiger partial charge in [0.1, 0.15) is 11.8 Å². The van der Waals surface area contributed by atoms with E-state index in [1.54, 1.807) is 6.07 Å². The summed E-state index contributed by atoms with van der Waals surface area (Å²) >= 11 is 0. The lowest BCUT2D eigenvalue weighted by Gasteiger charge is -2.38. The fourth-order valence-electron chi connectivity index (χ4n) is 2.86. The Kier molecular flexibility index (Phi) is 5.17. The maximum atomic E-state index is 12.5. The summed E-state index contributed by atoms with van der Waals surface area (Å²) < 4.78 is 41.3. The van der Waals surface area contributed by atoms with Crippen molar-refractivity contribution in [3.05, 3.63) is 29.3 Å². The first-order valence-corrected chi connectivity index (χ1v) is 7.52. The Morgan fingerprint density at radius 2 is 2.00 bits per heavy atom. The molecule has 0 aliphatic carbocycles. The van der Waals surface area contributed by atoms with Gasteiger partial charge in [-0.25, -0.2) is 0 Å². The van der Waals surface area contributed by atoms with Gasteiger partial charge in [0.15, 0.2) is 0 Å². The number of rotatable bonds is 4. The smallest absolute Gasteiger partial charge is 0.404 e. The molecule has 0 saturated carbocycles. The van der Waals surface area contributed by atoms with Gasteiger partial charge in [-0.2, -0.15) is 5.26 Å². The van der Waals surface area contributed by atoms with E-state index < -0.39 is 17.7 Å². The van der Waals surface area contributed by atoms with E-state index in [-0.39, 0.29) is 5.56 Å². The predicted molar refractivity (Wildman–Crippen MR) is 77.7 cm³/mol. The summed E-state index contributed by atoms with van der Waals surface area (Å²) in [6, 6.07) is 5.55. The molecule has 23 heavy (non-hydrogen) atoms. The van der Waals surface area contributed by atoms with E-state index in [1.807, 2.05) is 0 Å². The molecule has 1 fully saturated rings. The van der Waals surface area contributed by atoms with E-state index in [9.17, 15) is 18.3 Å². The van der Waals surface area contributed by atoms with E-state index >= 15 is 0 Å². The Bertz CT molecular complexity index is 588. The number of hydrogen-bond donors (Lipinski definition) is 1. The van der Waals surface area contributed by atoms with Gasteiger partial charge in [0.2, 0.25) is 0 Å². The summed E-state index contributed by atoms with van der Waals surface area (Å²) in [6.07, 6.45) is -3.00. The molecule has 0 aromatic heterocycles. The van der Waals surface area contributed by atoms with Crippen molar-refractivity contribution in [2.24, 2.45) is 0 Å². The average Bonchev–Trinajstić information content (AvgIpc) is 2.48. The Balaban J connectivity index is 2.23. The first-order chi connectivity index (χ1) is 10.8. The van der Waals surface area contributed by atoms with Crippen LogP contribution in [0.2, 0.25) is 0 Å². The number of piperidine rings is 1. The molecule has 1 N–H and O–H groups in total. The molecule has 126 valence electrons. The number of nitriles is 1. The number of hydrogen-bond acceptors (Lipinski definition) is 4. The van der Waals surface area contributed by atoms with Gasteiger partial charge in [0, 0.05) is 13.1 Å². The molecule has 0 bridgehead atoms. The molecule has 1 aromatic rings. The van der Waals surface area contributed by atoms with Gasteiger partial charge in [0.25, 0.3) is 0 Å². The van der Waals surface area contributed by atoms with E-state index in [2.05, 4.69) is 16.6 Å². The fourth-order valence-corrected chi connectivity index (χ4v) is 2.86. The molecule has 0 radical (unpaired) electrons. The van der Waals surface area contributed by atoms with Gasteiger partial charge in [-0.05, 0) is 43.5 Å². The normalized spacial score (nSPS) is 18.4. The van der Waals surface area contributed by atoms with Crippen LogP contribution in [-0.2, 0) is 5.60 Å². The van der Waals surface area contributed by atoms with E-state index in [0.717, 1.165) is 19.0 Å². The molecule has 0 atom stereocenters. The lowest BCUT2D eigenvalue weighted by molar-refractivity contribution is -0.274. The van der Waals surface area contributed by atoms with E-state index in [1.165, 1.54) is 12.1 Å². The highest BCUT2D eigenvalue weighted by atomic mass is 19.4. The largest absolute Gasteiger partial charge is 0.573 e. The molecule has 1 aliphatic heterocycles. The number of alkyl halides is 3. The maximum absolute atomic E-state index is 12.5. The zero-order valence-corrected chi connectivity index (χ0v) is 12.9. The minimum Gasteiger partial charge on any atom is -0.404 e. The fraction of sp³-hybridized carbons (Fsp3) is 0.562. The van der Waals surface area contributed by atoms with Crippen LogP contribution >= 0.6 is 0 Å². The van der Waals surface area contributed by atoms with Crippen molar-refractivity contribution < 1.29 is 23.0 Å². The monoisotopic (exact) mass is 328 g/mol. The van der Waals surface area contributed by atoms with Crippen LogP contribution in [0.25, 0.3) is 0 Å². The number of halogens is 3. The first-order valence-electron chi connectivity index (χ1n) is 7.52. The van der Waals surface area contributed by atoms with Crippen molar-refractivity contribution in [2.75, 3.05) is 19.6 Å². The van der Waals surface area contributed by atoms with Crippen LogP contribution in [0.4, 0.5) is 13.2 Å². The quantitative estimate of drug-likeness (QED) is 0.922. The molecular formula is C16H19F3N2O2. The Morgan fingerprint density at radius 3 is 2.52 bits per heavy atom. The third-order valence-corrected chi connectivity index (χ3v) is 4.09. The molecule has 1 saturated heterocycles. The van der Waals surface area contributed by atoms with Gasteiger partial charge in [-0.1, -0.05) is 13.0 Å². The zero-order valence-electron chi connectivity index (χ0n) is 12.9. The van der Waals surface area contributed by atoms with Crippen LogP contribution in [0.3, 0.4) is 0 Å². The van der Waals surface area contributed by atoms with Crippen LogP contribution in [0.1, 0.15) is 37.3 Å². The molecule has 0 spiro atoms. The van der Waals surface area contributed by atoms with Crippen LogP contribution in [0, 0.1) is 11.3 Å². The lowest BCUT2D eigenvalue weighted by atomic mass is 9.84. The third-order valence-electron chi connectivity index (χ3n) is 4.09. The zero-order chi connectivity index (χ0) is 17.1. The number of likely N-dealkylation sites (tertiary alicyclic amines) is 1. The Morgan fingerprint density at radius 1 is 1.35 bits per heavy atom. The van der Waals surface area contributed by atoms with Gasteiger partial charge in [0.05, 0.1) is 11.2 Å². The predicted octanol–water partition coefficient (Wildman–Crippen LogP) is 3.15. The molecule has 1 aromatic carbocycles. The number of ether oxygens (including phenoxy) is 1. The Hall–Kier alpha value is -1.78. The minimum atomic E-state index is -4.88. The first kappa shape index (κ1) is 17.6. The maximum Gasteiger partial charge on any atom is 0.573 e. The third kappa shape index (κ3) is 4.36. The lowest BCUT2D eigenvalue weighted by Crippen LogP contribution is -2.42. The summed E-state index contributed by atoms with van der Waals surface area (Å²) in [5, 5.41) is 19.7. The molecule has 7 heteroatoms. The summed E-state index contributed by atoms with van der Waals surface area (Å²) in [5.74, 6) is -0.568. The molecule has 2 rings (SSSR count). The minimum absolute atomic E-state index is 0.210. The second kappa shape index (κ2) is 6.77. The van der Waals surface area contributed by atoms with E-state index in [4.69, 9.17) is 5.26 Å². The Labute approximate surface area is 133 Å². The number of benzene rings is 1. The summed E-state index contributed by atoms with van der Waals surface area (Å²) in [7, 11) is 0. The number of nitrogens with zero attached hydrogens (tertiary/aromatic N) is 2. The molecular weight excluding hydrogens is 309 g/mol. The second-order valence-electron chi connectivity index (χ2n) is 5.74. The average molecular weight is 328 g/mol. The van der Waals surface area contributed by atoms with Crippen molar-refractivity contribution in [2.45, 2.75) is 38.1 Å². The molecule has 0 amide bonds. The number of aliphatic hydroxyl groups is 1. The van der Waals surface area contributed by atoms with Crippen molar-refractivity contribution in [3.8, 4) is 11.8 Å². The van der Waals surface area contributed by atoms with Gasteiger partial charge >= 0.3 is 6.36 Å². The van der Waals surface area contributed by atoms with Crippen molar-refractivity contribution in [3.63, 3.8) is 0 Å². The SMILES string of the molecule is CCCN1CCC(O)(c2ccc(C#N)c(OC(F)(F)F)c2)CC1. The highest BCUT2D eigenvalue weighted by Crippen LogP contribution is 2.36. The highest BCUT2D eigenvalue weighted by molar-refractivity contribution is 5.47. The summed E-state index contributed by atoms with van der Waals surface area (Å²) in [6.45, 7) is 4.37. The topological polar surface area (TPSA) is 56.5 Å². The molecule has 1 heterocycles. The highest BCUT2D eigenvalue weighted by Gasteiger charge is 2.36. The van der Waals surface area contributed by atoms with Gasteiger partial charge < -0.3 is 14.7 Å². The van der Waals surface area contributed by atoms with Gasteiger partial charge in [-0.15, -0.1) is 13.2 Å². The summed E-state index contributed by atoms with van der Waals surface area (Å²) in [5.41, 5.74) is -1.05. The second-order valence-corrected chi connectivity index (χ2v) is 5.74. The molecule has 1 aliphatic rings. The van der Waals surface area contributed by atoms with E-state index in [0.29, 0.717) is 31.5 Å². The summed E-state index contributed by atoms with van der Waals surface area (Å²) in [4.78, 5) is 2.21. The molecule has 0 unspecified atom stereocenters. The van der Waals surface area contributed by atoms with Crippen molar-refractivity contribution >= 4 is 0 Å². The van der Waals surface area contributed by atoms with Crippen LogP contribution < -0.4 is 4.74 Å². The molecule has 4 nitrogen and oxygen atoms in total. The van der Waals surface area contributed by atoms with Crippen molar-refractivity contribution in [1.29, 1.82) is 5.26 Å². The van der Waals surface area contributed by atoms with Crippen LogP contribution in [-0.4, -0.2) is 36.0 Å². The van der Waals surface area contributed by atoms with Gasteiger partial charge in [-0.3, -0.25) is 0 Å². The van der Waals surface area contributed by atoms with Crippen LogP contribution in [0.15, 0.2) is 18.2 Å². The standard InChI is InChI=1S/C16H19F3N2O2/c1-2-7-21-8-5-15(22,6-9-21)13-4-3-12(11-20)14(10-13)23-16(17,18)19/h3-4,10,22H,2,5-9H2,1H3. The van der Waals surface area contributed by atoms with Crippen LogP contribution in [0.5, 0.6) is 5.75 Å².